The Labute approximate surface area is 194 Å². The second kappa shape index (κ2) is 7.87. The molecule has 4 heteroatoms. The molecule has 2 fully saturated rings. The van der Waals surface area contributed by atoms with Crippen molar-refractivity contribution in [1.29, 1.82) is 0 Å². The smallest absolute Gasteiger partial charge is 0.253 e. The van der Waals surface area contributed by atoms with Gasteiger partial charge in [0.1, 0.15) is 0 Å². The van der Waals surface area contributed by atoms with Crippen molar-refractivity contribution in [1.82, 2.24) is 15.1 Å². The van der Waals surface area contributed by atoms with E-state index in [1.807, 2.05) is 35.1 Å². The molecule has 33 heavy (non-hydrogen) atoms. The van der Waals surface area contributed by atoms with Crippen LogP contribution in [0, 0.1) is 5.41 Å². The monoisotopic (exact) mass is 435 g/mol. The molecule has 4 nitrogen and oxygen atoms in total. The zero-order valence-electron chi connectivity index (χ0n) is 19.0. The molecule has 2 saturated carbocycles. The van der Waals surface area contributed by atoms with Gasteiger partial charge in [-0.1, -0.05) is 73.2 Å². The van der Waals surface area contributed by atoms with E-state index in [9.17, 15) is 4.79 Å². The van der Waals surface area contributed by atoms with Crippen molar-refractivity contribution in [3.63, 3.8) is 0 Å². The van der Waals surface area contributed by atoms with Crippen LogP contribution in [0.3, 0.4) is 0 Å². The first-order valence-corrected chi connectivity index (χ1v) is 12.0. The minimum Gasteiger partial charge on any atom is -0.349 e. The lowest BCUT2D eigenvalue weighted by atomic mass is 9.54. The van der Waals surface area contributed by atoms with E-state index in [1.165, 1.54) is 36.0 Å². The number of carbonyl (C=O) groups is 1. The van der Waals surface area contributed by atoms with Crippen LogP contribution in [0.15, 0.2) is 79.0 Å². The molecular weight excluding hydrogens is 406 g/mol. The fourth-order valence-electron chi connectivity index (χ4n) is 5.74. The van der Waals surface area contributed by atoms with Gasteiger partial charge in [0.05, 0.1) is 23.3 Å². The summed E-state index contributed by atoms with van der Waals surface area (Å²) in [7, 11) is 0. The standard InChI is InChI=1S/C29H29N3O/c1-20(21-11-13-23(14-12-21)22-7-3-2-4-8-22)32-27-24(19-30-32)9-5-10-26(27)28(33)31-25-17-29(18-25)15-6-16-29/h2-5,7-14,19-20,25H,6,15-18H2,1H3,(H,31,33). The average molecular weight is 436 g/mol. The van der Waals surface area contributed by atoms with Gasteiger partial charge in [-0.2, -0.15) is 5.10 Å². The number of hydrogen-bond acceptors (Lipinski definition) is 2. The van der Waals surface area contributed by atoms with E-state index in [1.54, 1.807) is 0 Å². The molecule has 1 N–H and O–H groups in total. The highest BCUT2D eigenvalue weighted by atomic mass is 16.1. The zero-order valence-corrected chi connectivity index (χ0v) is 19.0. The molecule has 2 aliphatic rings. The number of carbonyl (C=O) groups excluding carboxylic acids is 1. The van der Waals surface area contributed by atoms with Crippen LogP contribution < -0.4 is 5.32 Å². The fourth-order valence-corrected chi connectivity index (χ4v) is 5.74. The Morgan fingerprint density at radius 3 is 2.39 bits per heavy atom. The van der Waals surface area contributed by atoms with Crippen LogP contribution in [-0.2, 0) is 0 Å². The first kappa shape index (κ1) is 20.2. The molecule has 0 saturated heterocycles. The average Bonchev–Trinajstić information content (AvgIpc) is 3.24. The number of para-hydroxylation sites is 1. The van der Waals surface area contributed by atoms with Crippen molar-refractivity contribution in [3.8, 4) is 11.1 Å². The highest BCUT2D eigenvalue weighted by Crippen LogP contribution is 2.55. The molecule has 3 aromatic carbocycles. The van der Waals surface area contributed by atoms with Crippen LogP contribution in [0.5, 0.6) is 0 Å². The Morgan fingerprint density at radius 2 is 1.70 bits per heavy atom. The van der Waals surface area contributed by atoms with Gasteiger partial charge in [0.15, 0.2) is 0 Å². The molecule has 2 aliphatic carbocycles. The maximum atomic E-state index is 13.2. The molecule has 1 amide bonds. The van der Waals surface area contributed by atoms with E-state index in [4.69, 9.17) is 5.10 Å². The highest BCUT2D eigenvalue weighted by Gasteiger charge is 2.48. The van der Waals surface area contributed by atoms with Gasteiger partial charge in [-0.25, -0.2) is 0 Å². The van der Waals surface area contributed by atoms with Gasteiger partial charge in [0.25, 0.3) is 5.91 Å². The van der Waals surface area contributed by atoms with Crippen LogP contribution in [0.25, 0.3) is 22.0 Å². The number of rotatable bonds is 5. The molecule has 0 bridgehead atoms. The molecule has 0 radical (unpaired) electrons. The van der Waals surface area contributed by atoms with Gasteiger partial charge in [-0.15, -0.1) is 0 Å². The Hall–Kier alpha value is -3.40. The van der Waals surface area contributed by atoms with Crippen LogP contribution >= 0.6 is 0 Å². The molecule has 1 atom stereocenters. The lowest BCUT2D eigenvalue weighted by molar-refractivity contribution is -0.000604. The fraction of sp³-hybridized carbons (Fsp3) is 0.310. The maximum absolute atomic E-state index is 13.2. The van der Waals surface area contributed by atoms with Crippen LogP contribution in [-0.4, -0.2) is 21.7 Å². The first-order valence-electron chi connectivity index (χ1n) is 12.0. The molecule has 1 heterocycles. The molecule has 4 aromatic rings. The Morgan fingerprint density at radius 1 is 0.970 bits per heavy atom. The minimum absolute atomic E-state index is 0.0169. The van der Waals surface area contributed by atoms with Gasteiger partial charge >= 0.3 is 0 Å². The van der Waals surface area contributed by atoms with Crippen LogP contribution in [0.1, 0.15) is 61.0 Å². The van der Waals surface area contributed by atoms with Crippen molar-refractivity contribution in [2.75, 3.05) is 0 Å². The molecule has 0 aliphatic heterocycles. The number of nitrogens with one attached hydrogen (secondary N) is 1. The third-order valence-corrected chi connectivity index (χ3v) is 7.84. The lowest BCUT2D eigenvalue weighted by Crippen LogP contribution is -2.53. The first-order chi connectivity index (χ1) is 16.1. The van der Waals surface area contributed by atoms with E-state index in [-0.39, 0.29) is 11.9 Å². The van der Waals surface area contributed by atoms with Crippen LogP contribution in [0.4, 0.5) is 0 Å². The summed E-state index contributed by atoms with van der Waals surface area (Å²) in [5.41, 5.74) is 5.74. The highest BCUT2D eigenvalue weighted by molar-refractivity contribution is 6.05. The largest absolute Gasteiger partial charge is 0.349 e. The number of aromatic nitrogens is 2. The third kappa shape index (κ3) is 3.54. The number of hydrogen-bond donors (Lipinski definition) is 1. The van der Waals surface area contributed by atoms with Crippen LogP contribution in [0.2, 0.25) is 0 Å². The topological polar surface area (TPSA) is 46.9 Å². The van der Waals surface area contributed by atoms with Gasteiger partial charge in [-0.05, 0) is 60.8 Å². The van der Waals surface area contributed by atoms with Crippen molar-refractivity contribution < 1.29 is 4.79 Å². The summed E-state index contributed by atoms with van der Waals surface area (Å²) in [5, 5.41) is 8.98. The normalized spacial score (nSPS) is 18.0. The summed E-state index contributed by atoms with van der Waals surface area (Å²) >= 11 is 0. The van der Waals surface area contributed by atoms with E-state index < -0.39 is 0 Å². The second-order valence-electron chi connectivity index (χ2n) is 9.93. The van der Waals surface area contributed by atoms with Gasteiger partial charge in [0, 0.05) is 11.4 Å². The number of fused-ring (bicyclic) bond motifs is 1. The summed E-state index contributed by atoms with van der Waals surface area (Å²) in [6, 6.07) is 25.3. The molecule has 166 valence electrons. The van der Waals surface area contributed by atoms with E-state index in [2.05, 4.69) is 60.8 Å². The SMILES string of the molecule is CC(c1ccc(-c2ccccc2)cc1)n1ncc2cccc(C(=O)NC3CC4(CCC4)C3)c21. The van der Waals surface area contributed by atoms with Crippen molar-refractivity contribution >= 4 is 16.8 Å². The summed E-state index contributed by atoms with van der Waals surface area (Å²) in [4.78, 5) is 13.2. The predicted octanol–water partition coefficient (Wildman–Crippen LogP) is 6.38. The molecule has 1 unspecified atom stereocenters. The van der Waals surface area contributed by atoms with E-state index in [0.717, 1.165) is 23.7 Å². The molecule has 6 rings (SSSR count). The van der Waals surface area contributed by atoms with Gasteiger partial charge < -0.3 is 5.32 Å². The van der Waals surface area contributed by atoms with Crippen molar-refractivity contribution in [2.45, 2.75) is 51.1 Å². The predicted molar refractivity (Wildman–Crippen MR) is 132 cm³/mol. The Balaban J connectivity index is 1.26. The Bertz CT molecular complexity index is 1290. The zero-order chi connectivity index (χ0) is 22.4. The Kier molecular flexibility index (Phi) is 4.83. The number of nitrogens with zero attached hydrogens (tertiary/aromatic N) is 2. The van der Waals surface area contributed by atoms with E-state index >= 15 is 0 Å². The summed E-state index contributed by atoms with van der Waals surface area (Å²) in [6.07, 6.45) is 8.16. The van der Waals surface area contributed by atoms with Gasteiger partial charge in [-0.3, -0.25) is 9.48 Å². The lowest BCUT2D eigenvalue weighted by Gasteiger charge is -2.54. The van der Waals surface area contributed by atoms with Crippen molar-refractivity contribution in [3.05, 3.63) is 90.1 Å². The summed E-state index contributed by atoms with van der Waals surface area (Å²) < 4.78 is 2.00. The third-order valence-electron chi connectivity index (χ3n) is 7.84. The number of benzene rings is 3. The second-order valence-corrected chi connectivity index (χ2v) is 9.93. The molecule has 1 spiro atoms. The quantitative estimate of drug-likeness (QED) is 0.396. The van der Waals surface area contributed by atoms with E-state index in [0.29, 0.717) is 17.0 Å². The minimum atomic E-state index is 0.0169. The maximum Gasteiger partial charge on any atom is 0.253 e. The number of amides is 1. The molecular formula is C29H29N3O. The summed E-state index contributed by atoms with van der Waals surface area (Å²) in [6.45, 7) is 2.14. The van der Waals surface area contributed by atoms with Gasteiger partial charge in [0.2, 0.25) is 0 Å². The van der Waals surface area contributed by atoms with Crippen molar-refractivity contribution in [2.24, 2.45) is 5.41 Å². The summed E-state index contributed by atoms with van der Waals surface area (Å²) in [5.74, 6) is 0.0214. The molecule has 1 aromatic heterocycles.